The summed E-state index contributed by atoms with van der Waals surface area (Å²) in [4.78, 5) is 23.6. The normalized spacial score (nSPS) is 17.5. The lowest BCUT2D eigenvalue weighted by molar-refractivity contribution is -0.118. The maximum atomic E-state index is 13.1. The highest BCUT2D eigenvalue weighted by Crippen LogP contribution is 2.37. The van der Waals surface area contributed by atoms with Crippen molar-refractivity contribution in [2.45, 2.75) is 17.7 Å². The molecule has 2 aliphatic rings. The molecule has 0 spiro atoms. The van der Waals surface area contributed by atoms with Gasteiger partial charge in [-0.1, -0.05) is 11.6 Å². The summed E-state index contributed by atoms with van der Waals surface area (Å²) in [5, 5.41) is 9.49. The van der Waals surface area contributed by atoms with Crippen molar-refractivity contribution in [1.29, 1.82) is 0 Å². The zero-order valence-electron chi connectivity index (χ0n) is 16.8. The first-order chi connectivity index (χ1) is 14.7. The number of rotatable bonds is 5. The van der Waals surface area contributed by atoms with Crippen molar-refractivity contribution in [2.75, 3.05) is 31.6 Å². The van der Waals surface area contributed by atoms with Crippen molar-refractivity contribution in [3.63, 3.8) is 0 Å². The number of piperidine rings is 1. The van der Waals surface area contributed by atoms with Crippen molar-refractivity contribution in [3.8, 4) is 5.75 Å². The topological polar surface area (TPSA) is 123 Å². The van der Waals surface area contributed by atoms with E-state index in [2.05, 4.69) is 15.7 Å². The summed E-state index contributed by atoms with van der Waals surface area (Å²) in [6, 6.07) is 2.74. The van der Waals surface area contributed by atoms with Crippen LogP contribution in [0.15, 0.2) is 29.4 Å². The summed E-state index contributed by atoms with van der Waals surface area (Å²) in [5.41, 5.74) is 0.839. The Kier molecular flexibility index (Phi) is 5.91. The van der Waals surface area contributed by atoms with Gasteiger partial charge < -0.3 is 15.4 Å². The average molecular weight is 468 g/mol. The van der Waals surface area contributed by atoms with Gasteiger partial charge in [-0.3, -0.25) is 14.3 Å². The number of nitrogens with one attached hydrogen (secondary N) is 2. The van der Waals surface area contributed by atoms with Crippen LogP contribution in [0.4, 0.5) is 5.69 Å². The Morgan fingerprint density at radius 3 is 2.77 bits per heavy atom. The maximum absolute atomic E-state index is 13.1. The monoisotopic (exact) mass is 467 g/mol. The number of fused-ring (bicyclic) bond motifs is 1. The van der Waals surface area contributed by atoms with E-state index in [4.69, 9.17) is 16.3 Å². The minimum Gasteiger partial charge on any atom is -0.482 e. The van der Waals surface area contributed by atoms with E-state index >= 15 is 0 Å². The zero-order chi connectivity index (χ0) is 22.2. The molecule has 0 bridgehead atoms. The van der Waals surface area contributed by atoms with Crippen molar-refractivity contribution in [3.05, 3.63) is 35.1 Å². The van der Waals surface area contributed by atoms with Crippen molar-refractivity contribution in [1.82, 2.24) is 19.4 Å². The maximum Gasteiger partial charge on any atom is 0.262 e. The number of carbonyl (C=O) groups is 2. The second-order valence-electron chi connectivity index (χ2n) is 7.58. The molecular weight excluding hydrogens is 446 g/mol. The summed E-state index contributed by atoms with van der Waals surface area (Å²) < 4.78 is 34.5. The molecule has 0 unspecified atom stereocenters. The third-order valence-electron chi connectivity index (χ3n) is 5.38. The van der Waals surface area contributed by atoms with Crippen LogP contribution < -0.4 is 15.4 Å². The fourth-order valence-corrected chi connectivity index (χ4v) is 5.64. The molecule has 4 rings (SSSR count). The number of nitrogens with zero attached hydrogens (tertiary/aromatic N) is 3. The van der Waals surface area contributed by atoms with Crippen LogP contribution in [-0.2, 0) is 21.9 Å². The van der Waals surface area contributed by atoms with Gasteiger partial charge in [-0.05, 0) is 24.8 Å². The van der Waals surface area contributed by atoms with Gasteiger partial charge in [0, 0.05) is 38.9 Å². The fraction of sp³-hybridized carbons (Fsp3) is 0.421. The van der Waals surface area contributed by atoms with E-state index in [1.165, 1.54) is 22.6 Å². The predicted molar refractivity (Wildman–Crippen MR) is 113 cm³/mol. The van der Waals surface area contributed by atoms with E-state index in [1.54, 1.807) is 17.9 Å². The van der Waals surface area contributed by atoms with Gasteiger partial charge in [0.05, 0.1) is 22.5 Å². The van der Waals surface area contributed by atoms with Crippen molar-refractivity contribution >= 4 is 39.1 Å². The van der Waals surface area contributed by atoms with Crippen LogP contribution in [0.3, 0.4) is 0 Å². The molecule has 166 valence electrons. The number of anilines is 1. The largest absolute Gasteiger partial charge is 0.482 e. The molecule has 10 nitrogen and oxygen atoms in total. The number of ether oxygens (including phenoxy) is 1. The van der Waals surface area contributed by atoms with Crippen LogP contribution in [0.5, 0.6) is 5.75 Å². The van der Waals surface area contributed by atoms with Gasteiger partial charge in [-0.15, -0.1) is 0 Å². The van der Waals surface area contributed by atoms with E-state index in [-0.39, 0.29) is 40.0 Å². The average Bonchev–Trinajstić information content (AvgIpc) is 3.18. The van der Waals surface area contributed by atoms with E-state index in [0.717, 1.165) is 0 Å². The van der Waals surface area contributed by atoms with Crippen LogP contribution in [0.25, 0.3) is 0 Å². The number of hydrogen-bond acceptors (Lipinski definition) is 6. The minimum absolute atomic E-state index is 0.0235. The molecule has 2 amide bonds. The number of amides is 2. The Hall–Kier alpha value is -2.63. The molecule has 1 aromatic heterocycles. The number of aryl methyl sites for hydroxylation is 1. The van der Waals surface area contributed by atoms with Crippen LogP contribution in [-0.4, -0.2) is 60.6 Å². The lowest BCUT2D eigenvalue weighted by Gasteiger charge is -2.31. The first-order valence-electron chi connectivity index (χ1n) is 9.77. The second kappa shape index (κ2) is 8.48. The van der Waals surface area contributed by atoms with Gasteiger partial charge in [-0.25, -0.2) is 8.42 Å². The van der Waals surface area contributed by atoms with E-state index < -0.39 is 10.0 Å². The summed E-state index contributed by atoms with van der Waals surface area (Å²) in [7, 11) is -2.08. The lowest BCUT2D eigenvalue weighted by atomic mass is 9.98. The molecule has 12 heteroatoms. The van der Waals surface area contributed by atoms with Crippen LogP contribution in [0, 0.1) is 5.92 Å². The minimum atomic E-state index is -3.82. The number of sulfonamides is 1. The number of benzene rings is 1. The fourth-order valence-electron chi connectivity index (χ4n) is 3.65. The first-order valence-corrected chi connectivity index (χ1v) is 11.6. The highest BCUT2D eigenvalue weighted by atomic mass is 35.5. The molecule has 1 fully saturated rings. The summed E-state index contributed by atoms with van der Waals surface area (Å²) in [5.74, 6) is -0.0758. The second-order valence-corrected chi connectivity index (χ2v) is 9.89. The molecule has 1 aromatic carbocycles. The van der Waals surface area contributed by atoms with Crippen molar-refractivity contribution in [2.24, 2.45) is 13.0 Å². The number of hydrogen-bond donors (Lipinski definition) is 2. The van der Waals surface area contributed by atoms with Crippen LogP contribution >= 0.6 is 11.6 Å². The lowest BCUT2D eigenvalue weighted by Crippen LogP contribution is -2.41. The summed E-state index contributed by atoms with van der Waals surface area (Å²) >= 11 is 6.22. The third kappa shape index (κ3) is 4.53. The molecule has 1 saturated heterocycles. The van der Waals surface area contributed by atoms with E-state index in [1.807, 2.05) is 0 Å². The first kappa shape index (κ1) is 21.6. The van der Waals surface area contributed by atoms with E-state index in [9.17, 15) is 18.0 Å². The quantitative estimate of drug-likeness (QED) is 0.682. The molecule has 0 saturated carbocycles. The van der Waals surface area contributed by atoms with E-state index in [0.29, 0.717) is 43.7 Å². The van der Waals surface area contributed by atoms with Crippen molar-refractivity contribution < 1.29 is 22.7 Å². The van der Waals surface area contributed by atoms with Gasteiger partial charge >= 0.3 is 0 Å². The Labute approximate surface area is 184 Å². The molecule has 2 aromatic rings. The molecule has 31 heavy (non-hydrogen) atoms. The highest BCUT2D eigenvalue weighted by molar-refractivity contribution is 7.89. The Morgan fingerprint density at radius 2 is 2.10 bits per heavy atom. The van der Waals surface area contributed by atoms with Gasteiger partial charge in [0.1, 0.15) is 10.6 Å². The molecule has 2 N–H and O–H groups in total. The third-order valence-corrected chi connectivity index (χ3v) is 7.74. The summed E-state index contributed by atoms with van der Waals surface area (Å²) in [6.45, 7) is 0.931. The molecule has 0 aliphatic carbocycles. The molecule has 0 radical (unpaired) electrons. The standard InChI is InChI=1S/C19H22ClN5O5S/c1-24-10-13(9-22-24)19(27)21-8-12-2-4-25(5-3-12)31(28,29)17-7-16-15(6-14(17)20)23-18(26)11-30-16/h6-7,9-10,12H,2-5,8,11H2,1H3,(H,21,27)(H,23,26). The zero-order valence-corrected chi connectivity index (χ0v) is 18.4. The van der Waals surface area contributed by atoms with Gasteiger partial charge in [0.2, 0.25) is 10.0 Å². The Morgan fingerprint density at radius 1 is 1.35 bits per heavy atom. The van der Waals surface area contributed by atoms with Gasteiger partial charge in [0.25, 0.3) is 11.8 Å². The Balaban J connectivity index is 1.38. The number of halogens is 1. The molecule has 0 atom stereocenters. The number of aromatic nitrogens is 2. The number of carbonyl (C=O) groups excluding carboxylic acids is 2. The van der Waals surface area contributed by atoms with Gasteiger partial charge in [0.15, 0.2) is 6.61 Å². The molecule has 2 aliphatic heterocycles. The SMILES string of the molecule is Cn1cc(C(=O)NCC2CCN(S(=O)(=O)c3cc4c(cc3Cl)NC(=O)CO4)CC2)cn1. The molecular formula is C19H22ClN5O5S. The smallest absolute Gasteiger partial charge is 0.262 e. The van der Waals surface area contributed by atoms with Crippen LogP contribution in [0.1, 0.15) is 23.2 Å². The highest BCUT2D eigenvalue weighted by Gasteiger charge is 2.32. The Bertz CT molecular complexity index is 1120. The van der Waals surface area contributed by atoms with Crippen LogP contribution in [0.2, 0.25) is 5.02 Å². The molecule has 3 heterocycles. The predicted octanol–water partition coefficient (Wildman–Crippen LogP) is 1.24. The summed E-state index contributed by atoms with van der Waals surface area (Å²) in [6.07, 6.45) is 4.37. The van der Waals surface area contributed by atoms with Gasteiger partial charge in [-0.2, -0.15) is 9.40 Å².